The first-order chi connectivity index (χ1) is 17.1. The van der Waals surface area contributed by atoms with Gasteiger partial charge in [0.05, 0.1) is 0 Å². The molecule has 0 spiro atoms. The predicted molar refractivity (Wildman–Crippen MR) is 171 cm³/mol. The summed E-state index contributed by atoms with van der Waals surface area (Å²) in [6.07, 6.45) is 0. The van der Waals surface area contributed by atoms with Gasteiger partial charge in [0.25, 0.3) is 0 Å². The van der Waals surface area contributed by atoms with Crippen LogP contribution in [0.3, 0.4) is 0 Å². The molecule has 0 aromatic heterocycles. The summed E-state index contributed by atoms with van der Waals surface area (Å²) in [5.41, 5.74) is 0. The van der Waals surface area contributed by atoms with Crippen molar-refractivity contribution in [2.75, 3.05) is 11.6 Å². The smallest absolute Gasteiger partial charge is 1.00 e. The molecule has 0 aliphatic carbocycles. The molecule has 0 bridgehead atoms. The summed E-state index contributed by atoms with van der Waals surface area (Å²) < 4.78 is 0. The normalized spacial score (nSPS) is 10.6. The van der Waals surface area contributed by atoms with Crippen molar-refractivity contribution < 1.29 is 63.4 Å². The van der Waals surface area contributed by atoms with Crippen molar-refractivity contribution in [2.24, 2.45) is 0 Å². The Hall–Kier alpha value is -0.153. The Kier molecular flexibility index (Phi) is 21.7. The van der Waals surface area contributed by atoms with E-state index in [9.17, 15) is 0 Å². The Morgan fingerprint density at radius 3 is 0.750 bits per heavy atom. The molecule has 2 nitrogen and oxygen atoms in total. The first kappa shape index (κ1) is 42.0. The average molecular weight is 742 g/mol. The van der Waals surface area contributed by atoms with Crippen molar-refractivity contribution >= 4 is 53.5 Å². The maximum atomic E-state index is 8.32. The summed E-state index contributed by atoms with van der Waals surface area (Å²) in [5.74, 6) is 2.08. The molecule has 4 aromatic carbocycles. The van der Waals surface area contributed by atoms with Crippen LogP contribution in [0.1, 0.15) is 0 Å². The van der Waals surface area contributed by atoms with E-state index in [0.29, 0.717) is 0 Å². The third-order valence-corrected chi connectivity index (χ3v) is 17.9. The second kappa shape index (κ2) is 20.7. The standard InChI is InChI=1S/2C15H19NPSi.3ClH.Zr/c2*1-18(2,16)13-17(14-9-5-3-6-10-14)15-11-7-4-8-12-15;;;;/h2*3-12,16H,13H2,1-2H3;3*1H;/q2*-1;;;;+3/p-3. The molecule has 2 N–H and O–H groups in total. The second-order valence-corrected chi connectivity index (χ2v) is 24.1. The SMILES string of the molecule is C[Si](C)([NH-])CP(c1ccccc1)c1ccccc1.C[Si](C)([NH-])CP(c1ccccc1)c1ccccc1.[Cl-].[Cl-].[Cl-].[Zr+3]. The summed E-state index contributed by atoms with van der Waals surface area (Å²) in [5, 5.41) is 22.2. The fourth-order valence-corrected chi connectivity index (χ4v) is 15.9. The fourth-order valence-electron chi connectivity index (χ4n) is 3.89. The molecule has 0 atom stereocenters. The maximum absolute atomic E-state index is 8.32. The maximum Gasteiger partial charge on any atom is 3.00 e. The van der Waals surface area contributed by atoms with Gasteiger partial charge in [-0.25, -0.2) is 0 Å². The zero-order valence-corrected chi connectivity index (χ0v) is 32.0. The molecule has 0 aliphatic rings. The van der Waals surface area contributed by atoms with Crippen LogP contribution in [0.25, 0.3) is 10.8 Å². The molecular formula is C30H38Cl3N2P2Si2Zr-2. The van der Waals surface area contributed by atoms with E-state index in [-0.39, 0.29) is 79.3 Å². The van der Waals surface area contributed by atoms with Gasteiger partial charge in [0, 0.05) is 0 Å². The fraction of sp³-hybridized carbons (Fsp3) is 0.200. The zero-order valence-electron chi connectivity index (χ0n) is 23.5. The molecule has 1 radical (unpaired) electrons. The molecule has 213 valence electrons. The minimum atomic E-state index is -1.81. The van der Waals surface area contributed by atoms with Crippen molar-refractivity contribution in [2.45, 2.75) is 26.2 Å². The van der Waals surface area contributed by atoms with Gasteiger partial charge in [0.2, 0.25) is 0 Å². The third kappa shape index (κ3) is 15.4. The molecule has 0 heterocycles. The van der Waals surface area contributed by atoms with E-state index in [1.807, 2.05) is 0 Å². The van der Waals surface area contributed by atoms with Crippen molar-refractivity contribution in [3.63, 3.8) is 0 Å². The number of hydrogen-bond acceptors (Lipinski definition) is 0. The molecule has 4 aromatic rings. The topological polar surface area (TPSA) is 47.6 Å². The molecule has 40 heavy (non-hydrogen) atoms. The Balaban J connectivity index is 0. The Morgan fingerprint density at radius 1 is 0.425 bits per heavy atom. The Bertz CT molecular complexity index is 996. The molecule has 4 rings (SSSR count). The Labute approximate surface area is 284 Å². The molecule has 0 amide bonds. The van der Waals surface area contributed by atoms with Crippen LogP contribution in [0.4, 0.5) is 0 Å². The molecular weight excluding hydrogens is 704 g/mol. The first-order valence-corrected chi connectivity index (χ1v) is 21.8. The van der Waals surface area contributed by atoms with Crippen LogP contribution in [-0.2, 0) is 26.2 Å². The first-order valence-electron chi connectivity index (χ1n) is 12.4. The van der Waals surface area contributed by atoms with Gasteiger partial charge in [-0.15, -0.1) is 0 Å². The van der Waals surface area contributed by atoms with Crippen molar-refractivity contribution in [3.8, 4) is 0 Å². The monoisotopic (exact) mass is 739 g/mol. The summed E-state index contributed by atoms with van der Waals surface area (Å²) in [6.45, 7) is 8.53. The minimum Gasteiger partial charge on any atom is -1.00 e. The van der Waals surface area contributed by atoms with Crippen LogP contribution in [0, 0.1) is 0 Å². The van der Waals surface area contributed by atoms with Gasteiger partial charge in [-0.05, 0) is 48.6 Å². The van der Waals surface area contributed by atoms with E-state index >= 15 is 0 Å². The third-order valence-electron chi connectivity index (χ3n) is 5.38. The molecule has 0 unspecified atom stereocenters. The van der Waals surface area contributed by atoms with E-state index in [0.717, 1.165) is 11.6 Å². The summed E-state index contributed by atoms with van der Waals surface area (Å²) in [7, 11) is -4.34. The average Bonchev–Trinajstić information content (AvgIpc) is 2.87. The van der Waals surface area contributed by atoms with Crippen LogP contribution < -0.4 is 58.4 Å². The minimum absolute atomic E-state index is 0. The number of halogens is 3. The van der Waals surface area contributed by atoms with Gasteiger partial charge in [0.1, 0.15) is 0 Å². The number of nitrogens with one attached hydrogen (secondary N) is 2. The number of benzene rings is 4. The number of rotatable bonds is 8. The van der Waals surface area contributed by atoms with E-state index < -0.39 is 16.5 Å². The van der Waals surface area contributed by atoms with Crippen molar-refractivity contribution in [3.05, 3.63) is 132 Å². The summed E-state index contributed by atoms with van der Waals surface area (Å²) in [4.78, 5) is 0. The van der Waals surface area contributed by atoms with Gasteiger partial charge in [0.15, 0.2) is 0 Å². The molecule has 10 heteroatoms. The van der Waals surface area contributed by atoms with Crippen molar-refractivity contribution in [1.29, 1.82) is 0 Å². The van der Waals surface area contributed by atoms with Gasteiger partial charge in [-0.3, -0.25) is 0 Å². The van der Waals surface area contributed by atoms with Crippen molar-refractivity contribution in [1.82, 2.24) is 0 Å². The largest absolute Gasteiger partial charge is 3.00 e. The van der Waals surface area contributed by atoms with Gasteiger partial charge < -0.3 is 48.0 Å². The van der Waals surface area contributed by atoms with E-state index in [1.54, 1.807) is 0 Å². The van der Waals surface area contributed by atoms with Crippen LogP contribution in [-0.4, -0.2) is 28.0 Å². The number of hydrogen-bond donors (Lipinski definition) is 0. The van der Waals surface area contributed by atoms with Crippen LogP contribution in [0.2, 0.25) is 26.2 Å². The zero-order chi connectivity index (χ0) is 26.0. The Morgan fingerprint density at radius 2 is 0.600 bits per heavy atom. The molecule has 0 aliphatic heterocycles. The predicted octanol–water partition coefficient (Wildman–Crippen LogP) is -1.16. The second-order valence-electron chi connectivity index (χ2n) is 10.3. The van der Waals surface area contributed by atoms with Gasteiger partial charge >= 0.3 is 26.2 Å². The van der Waals surface area contributed by atoms with Crippen LogP contribution >= 0.6 is 15.8 Å². The van der Waals surface area contributed by atoms with E-state index in [4.69, 9.17) is 10.8 Å². The summed E-state index contributed by atoms with van der Waals surface area (Å²) >= 11 is 0. The molecule has 0 saturated carbocycles. The van der Waals surface area contributed by atoms with Crippen LogP contribution in [0.5, 0.6) is 0 Å². The van der Waals surface area contributed by atoms with E-state index in [1.165, 1.54) is 21.2 Å². The molecule has 0 fully saturated rings. The van der Waals surface area contributed by atoms with Gasteiger partial charge in [-0.2, -0.15) is 0 Å². The quantitative estimate of drug-likeness (QED) is 0.162. The van der Waals surface area contributed by atoms with E-state index in [2.05, 4.69) is 148 Å². The van der Waals surface area contributed by atoms with Gasteiger partial charge in [-0.1, -0.05) is 164 Å². The van der Waals surface area contributed by atoms with Crippen LogP contribution in [0.15, 0.2) is 121 Å². The summed E-state index contributed by atoms with van der Waals surface area (Å²) in [6, 6.07) is 42.7. The molecule has 0 saturated heterocycles.